The minimum Gasteiger partial charge on any atom is -0.478 e. The number of hydrogen-bond donors (Lipinski definition) is 1. The minimum atomic E-state index is -0.927. The second-order valence-corrected chi connectivity index (χ2v) is 6.05. The molecule has 1 N–H and O–H groups in total. The van der Waals surface area contributed by atoms with E-state index in [-0.39, 0.29) is 5.56 Å². The number of benzene rings is 2. The molecule has 106 valence electrons. The Kier molecular flexibility index (Phi) is 3.74. The Labute approximate surface area is 134 Å². The Morgan fingerprint density at radius 2 is 2.00 bits per heavy atom. The van der Waals surface area contributed by atoms with E-state index in [4.69, 9.17) is 16.7 Å². The molecule has 0 fully saturated rings. The van der Waals surface area contributed by atoms with Crippen molar-refractivity contribution in [1.82, 2.24) is 4.57 Å². The zero-order valence-corrected chi connectivity index (χ0v) is 13.2. The molecule has 0 aliphatic heterocycles. The number of carbonyl (C=O) groups is 1. The first kappa shape index (κ1) is 14.2. The Morgan fingerprint density at radius 3 is 2.71 bits per heavy atom. The first-order valence-corrected chi connectivity index (χ1v) is 7.48. The van der Waals surface area contributed by atoms with Crippen LogP contribution in [0.15, 0.2) is 53.1 Å². The summed E-state index contributed by atoms with van der Waals surface area (Å²) in [5.74, 6) is -0.927. The highest BCUT2D eigenvalue weighted by atomic mass is 79.9. The van der Waals surface area contributed by atoms with Crippen LogP contribution in [-0.2, 0) is 6.54 Å². The maximum absolute atomic E-state index is 10.9. The number of carboxylic acid groups (broad SMARTS) is 1. The van der Waals surface area contributed by atoms with E-state index in [1.807, 2.05) is 36.5 Å². The van der Waals surface area contributed by atoms with Crippen LogP contribution >= 0.6 is 27.5 Å². The summed E-state index contributed by atoms with van der Waals surface area (Å²) in [7, 11) is 0. The van der Waals surface area contributed by atoms with Crippen LogP contribution in [0, 0.1) is 0 Å². The number of aromatic carboxylic acids is 1. The summed E-state index contributed by atoms with van der Waals surface area (Å²) in [6.07, 6.45) is 2.00. The number of rotatable bonds is 3. The van der Waals surface area contributed by atoms with Crippen molar-refractivity contribution in [3.05, 3.63) is 69.3 Å². The van der Waals surface area contributed by atoms with Gasteiger partial charge in [-0.2, -0.15) is 0 Å². The standard InChI is InChI=1S/C16H11BrClNO2/c17-14-8-11(16(20)21)1-2-12(14)9-19-6-5-10-7-13(18)3-4-15(10)19/h1-8H,9H2,(H,20,21). The topological polar surface area (TPSA) is 42.2 Å². The van der Waals surface area contributed by atoms with Gasteiger partial charge in [0.1, 0.15) is 0 Å². The van der Waals surface area contributed by atoms with Gasteiger partial charge < -0.3 is 9.67 Å². The predicted octanol–water partition coefficient (Wildman–Crippen LogP) is 4.80. The van der Waals surface area contributed by atoms with Crippen molar-refractivity contribution in [3.63, 3.8) is 0 Å². The summed E-state index contributed by atoms with van der Waals surface area (Å²) in [5.41, 5.74) is 2.39. The highest BCUT2D eigenvalue weighted by Gasteiger charge is 2.08. The predicted molar refractivity (Wildman–Crippen MR) is 87.2 cm³/mol. The summed E-state index contributed by atoms with van der Waals surface area (Å²) >= 11 is 9.43. The van der Waals surface area contributed by atoms with Crippen molar-refractivity contribution in [2.75, 3.05) is 0 Å². The van der Waals surface area contributed by atoms with Crippen LogP contribution in [0.25, 0.3) is 10.9 Å². The minimum absolute atomic E-state index is 0.273. The molecule has 0 aliphatic rings. The van der Waals surface area contributed by atoms with Gasteiger partial charge in [-0.05, 0) is 42.0 Å². The normalized spacial score (nSPS) is 11.0. The number of fused-ring (bicyclic) bond motifs is 1. The van der Waals surface area contributed by atoms with Crippen molar-refractivity contribution >= 4 is 44.4 Å². The molecule has 0 radical (unpaired) electrons. The van der Waals surface area contributed by atoms with Gasteiger partial charge in [0, 0.05) is 33.1 Å². The second-order valence-electron chi connectivity index (χ2n) is 4.76. The lowest BCUT2D eigenvalue weighted by atomic mass is 10.1. The third-order valence-electron chi connectivity index (χ3n) is 3.37. The number of hydrogen-bond acceptors (Lipinski definition) is 1. The van der Waals surface area contributed by atoms with Gasteiger partial charge in [-0.15, -0.1) is 0 Å². The van der Waals surface area contributed by atoms with Gasteiger partial charge in [-0.3, -0.25) is 0 Å². The molecule has 2 aromatic carbocycles. The van der Waals surface area contributed by atoms with Crippen molar-refractivity contribution in [2.45, 2.75) is 6.54 Å². The van der Waals surface area contributed by atoms with Crippen LogP contribution in [0.3, 0.4) is 0 Å². The molecule has 3 aromatic rings. The van der Waals surface area contributed by atoms with Gasteiger partial charge in [-0.1, -0.05) is 33.6 Å². The van der Waals surface area contributed by atoms with E-state index in [1.54, 1.807) is 12.1 Å². The fraction of sp³-hybridized carbons (Fsp3) is 0.0625. The summed E-state index contributed by atoms with van der Waals surface area (Å²) in [5, 5.41) is 10.8. The van der Waals surface area contributed by atoms with E-state index in [1.165, 1.54) is 0 Å². The molecule has 0 bridgehead atoms. The van der Waals surface area contributed by atoms with Gasteiger partial charge >= 0.3 is 5.97 Å². The monoisotopic (exact) mass is 363 g/mol. The Bertz CT molecular complexity index is 841. The average molecular weight is 365 g/mol. The number of nitrogens with zero attached hydrogens (tertiary/aromatic N) is 1. The van der Waals surface area contributed by atoms with E-state index < -0.39 is 5.97 Å². The fourth-order valence-corrected chi connectivity index (χ4v) is 2.99. The maximum Gasteiger partial charge on any atom is 0.335 e. The van der Waals surface area contributed by atoms with E-state index in [0.29, 0.717) is 11.6 Å². The smallest absolute Gasteiger partial charge is 0.335 e. The molecule has 0 saturated carbocycles. The molecule has 3 rings (SSSR count). The molecular formula is C16H11BrClNO2. The average Bonchev–Trinajstić information content (AvgIpc) is 2.83. The Balaban J connectivity index is 1.97. The quantitative estimate of drug-likeness (QED) is 0.725. The summed E-state index contributed by atoms with van der Waals surface area (Å²) in [4.78, 5) is 10.9. The van der Waals surface area contributed by atoms with E-state index in [0.717, 1.165) is 20.9 Å². The third-order valence-corrected chi connectivity index (χ3v) is 4.35. The highest BCUT2D eigenvalue weighted by Crippen LogP contribution is 2.24. The van der Waals surface area contributed by atoms with Crippen LogP contribution < -0.4 is 0 Å². The van der Waals surface area contributed by atoms with Crippen LogP contribution in [0.1, 0.15) is 15.9 Å². The maximum atomic E-state index is 10.9. The van der Waals surface area contributed by atoms with Crippen LogP contribution in [-0.4, -0.2) is 15.6 Å². The van der Waals surface area contributed by atoms with E-state index >= 15 is 0 Å². The van der Waals surface area contributed by atoms with Crippen molar-refractivity contribution in [1.29, 1.82) is 0 Å². The molecule has 0 unspecified atom stereocenters. The van der Waals surface area contributed by atoms with Crippen molar-refractivity contribution in [2.24, 2.45) is 0 Å². The molecule has 0 atom stereocenters. The van der Waals surface area contributed by atoms with Crippen molar-refractivity contribution in [3.8, 4) is 0 Å². The first-order valence-electron chi connectivity index (χ1n) is 6.31. The zero-order chi connectivity index (χ0) is 15.0. The molecule has 1 heterocycles. The largest absolute Gasteiger partial charge is 0.478 e. The Hall–Kier alpha value is -1.78. The second kappa shape index (κ2) is 5.54. The molecule has 5 heteroatoms. The number of aromatic nitrogens is 1. The lowest BCUT2D eigenvalue weighted by Crippen LogP contribution is -2.01. The van der Waals surface area contributed by atoms with Gasteiger partial charge in [0.15, 0.2) is 0 Å². The van der Waals surface area contributed by atoms with Crippen LogP contribution in [0.4, 0.5) is 0 Å². The molecule has 0 saturated heterocycles. The van der Waals surface area contributed by atoms with Gasteiger partial charge in [0.25, 0.3) is 0 Å². The molecule has 0 spiro atoms. The summed E-state index contributed by atoms with van der Waals surface area (Å²) in [6.45, 7) is 0.658. The first-order chi connectivity index (χ1) is 10.0. The third kappa shape index (κ3) is 2.82. The van der Waals surface area contributed by atoms with Gasteiger partial charge in [0.05, 0.1) is 5.56 Å². The van der Waals surface area contributed by atoms with Gasteiger partial charge in [-0.25, -0.2) is 4.79 Å². The van der Waals surface area contributed by atoms with Gasteiger partial charge in [0.2, 0.25) is 0 Å². The highest BCUT2D eigenvalue weighted by molar-refractivity contribution is 9.10. The van der Waals surface area contributed by atoms with Crippen molar-refractivity contribution < 1.29 is 9.90 Å². The zero-order valence-electron chi connectivity index (χ0n) is 10.9. The van der Waals surface area contributed by atoms with Crippen LogP contribution in [0.2, 0.25) is 5.02 Å². The van der Waals surface area contributed by atoms with E-state index in [2.05, 4.69) is 20.5 Å². The van der Waals surface area contributed by atoms with E-state index in [9.17, 15) is 4.79 Å². The summed E-state index contributed by atoms with van der Waals surface area (Å²) < 4.78 is 2.89. The Morgan fingerprint density at radius 1 is 1.19 bits per heavy atom. The van der Waals surface area contributed by atoms with Crippen LogP contribution in [0.5, 0.6) is 0 Å². The fourth-order valence-electron chi connectivity index (χ4n) is 2.30. The molecule has 21 heavy (non-hydrogen) atoms. The molecule has 1 aromatic heterocycles. The SMILES string of the molecule is O=C(O)c1ccc(Cn2ccc3cc(Cl)ccc32)c(Br)c1. The number of carboxylic acids is 1. The molecule has 0 aliphatic carbocycles. The lowest BCUT2D eigenvalue weighted by Gasteiger charge is -2.09. The summed E-state index contributed by atoms with van der Waals surface area (Å²) in [6, 6.07) is 12.9. The molecule has 3 nitrogen and oxygen atoms in total. The number of halogens is 2. The lowest BCUT2D eigenvalue weighted by molar-refractivity contribution is 0.0697. The molecular weight excluding hydrogens is 354 g/mol. The molecule has 0 amide bonds.